The van der Waals surface area contributed by atoms with E-state index in [1.807, 2.05) is 0 Å². The second-order valence-corrected chi connectivity index (χ2v) is 1.67. The molecule has 0 spiro atoms. The van der Waals surface area contributed by atoms with Crippen LogP contribution in [0, 0.1) is 0 Å². The predicted octanol–water partition coefficient (Wildman–Crippen LogP) is -0.920. The van der Waals surface area contributed by atoms with Gasteiger partial charge in [0.25, 0.3) is 5.91 Å². The van der Waals surface area contributed by atoms with Crippen molar-refractivity contribution in [3.05, 3.63) is 11.1 Å². The van der Waals surface area contributed by atoms with Crippen LogP contribution in [-0.2, 0) is 9.59 Å². The summed E-state index contributed by atoms with van der Waals surface area (Å²) >= 11 is 5.10. The molecule has 0 aromatic rings. The van der Waals surface area contributed by atoms with Gasteiger partial charge < -0.3 is 11.5 Å². The lowest BCUT2D eigenvalue weighted by Crippen LogP contribution is -2.14. The number of nitrogens with two attached hydrogens (primary N) is 2. The van der Waals surface area contributed by atoms with Crippen molar-refractivity contribution in [1.29, 1.82) is 0 Å². The fraction of sp³-hybridized carbons (Fsp3) is 0. The third-order valence-electron chi connectivity index (χ3n) is 0.504. The third-order valence-corrected chi connectivity index (χ3v) is 0.800. The number of amides is 2. The molecule has 0 saturated carbocycles. The van der Waals surface area contributed by atoms with Crippen molar-refractivity contribution in [3.63, 3.8) is 0 Å². The number of hydrogen-bond acceptors (Lipinski definition) is 2. The third kappa shape index (κ3) is 3.54. The average molecular weight is 149 g/mol. The SMILES string of the molecule is NC(=O)/C=C(/Cl)C(N)=O. The molecule has 5 heteroatoms. The standard InChI is InChI=1S/C4H5ClN2O2/c5-2(4(7)9)1-3(6)8/h1H,(H2,6,8)(H2,7,9)/b2-1+. The summed E-state index contributed by atoms with van der Waals surface area (Å²) in [6.07, 6.45) is 0.754. The summed E-state index contributed by atoms with van der Waals surface area (Å²) in [5.41, 5.74) is 9.26. The van der Waals surface area contributed by atoms with Crippen LogP contribution in [0.3, 0.4) is 0 Å². The van der Waals surface area contributed by atoms with E-state index in [1.54, 1.807) is 0 Å². The minimum atomic E-state index is -0.865. The summed E-state index contributed by atoms with van der Waals surface area (Å²) in [7, 11) is 0. The summed E-state index contributed by atoms with van der Waals surface area (Å²) in [5.74, 6) is -1.66. The monoisotopic (exact) mass is 148 g/mol. The topological polar surface area (TPSA) is 86.2 Å². The van der Waals surface area contributed by atoms with Gasteiger partial charge in [-0.05, 0) is 0 Å². The zero-order chi connectivity index (χ0) is 7.44. The lowest BCUT2D eigenvalue weighted by Gasteiger charge is -1.85. The molecule has 0 atom stereocenters. The number of hydrogen-bond donors (Lipinski definition) is 2. The molecule has 4 N–H and O–H groups in total. The van der Waals surface area contributed by atoms with Crippen LogP contribution in [0.25, 0.3) is 0 Å². The van der Waals surface area contributed by atoms with Gasteiger partial charge in [0, 0.05) is 6.08 Å². The Hall–Kier alpha value is -1.03. The fourth-order valence-electron chi connectivity index (χ4n) is 0.196. The smallest absolute Gasteiger partial charge is 0.260 e. The van der Waals surface area contributed by atoms with Gasteiger partial charge in [-0.2, -0.15) is 0 Å². The Labute approximate surface area is 56.5 Å². The largest absolute Gasteiger partial charge is 0.366 e. The molecule has 0 fully saturated rings. The van der Waals surface area contributed by atoms with Crippen molar-refractivity contribution in [1.82, 2.24) is 0 Å². The highest BCUT2D eigenvalue weighted by molar-refractivity contribution is 6.43. The summed E-state index contributed by atoms with van der Waals surface area (Å²) in [6, 6.07) is 0. The molecule has 9 heavy (non-hydrogen) atoms. The van der Waals surface area contributed by atoms with Crippen LogP contribution in [-0.4, -0.2) is 11.8 Å². The van der Waals surface area contributed by atoms with E-state index in [4.69, 9.17) is 11.6 Å². The van der Waals surface area contributed by atoms with Gasteiger partial charge >= 0.3 is 0 Å². The lowest BCUT2D eigenvalue weighted by atomic mass is 10.4. The average Bonchev–Trinajstić information content (AvgIpc) is 1.63. The highest BCUT2D eigenvalue weighted by Gasteiger charge is 1.99. The van der Waals surface area contributed by atoms with E-state index in [-0.39, 0.29) is 5.03 Å². The van der Waals surface area contributed by atoms with E-state index >= 15 is 0 Å². The summed E-state index contributed by atoms with van der Waals surface area (Å²) in [4.78, 5) is 20.0. The second kappa shape index (κ2) is 3.09. The van der Waals surface area contributed by atoms with Crippen LogP contribution in [0.1, 0.15) is 0 Å². The van der Waals surface area contributed by atoms with Gasteiger partial charge in [-0.15, -0.1) is 0 Å². The zero-order valence-corrected chi connectivity index (χ0v) is 5.18. The Kier molecular flexibility index (Phi) is 2.73. The molecule has 0 aromatic heterocycles. The van der Waals surface area contributed by atoms with Gasteiger partial charge in [0.05, 0.1) is 0 Å². The van der Waals surface area contributed by atoms with E-state index < -0.39 is 11.8 Å². The molecule has 4 nitrogen and oxygen atoms in total. The van der Waals surface area contributed by atoms with Crippen LogP contribution in [0.2, 0.25) is 0 Å². The fourth-order valence-corrected chi connectivity index (χ4v) is 0.304. The Morgan fingerprint density at radius 3 is 1.89 bits per heavy atom. The zero-order valence-electron chi connectivity index (χ0n) is 4.43. The normalized spacial score (nSPS) is 11.0. The van der Waals surface area contributed by atoms with Gasteiger partial charge in [0.15, 0.2) is 0 Å². The van der Waals surface area contributed by atoms with Crippen molar-refractivity contribution in [3.8, 4) is 0 Å². The Morgan fingerprint density at radius 1 is 1.33 bits per heavy atom. The Bertz CT molecular complexity index is 175. The maximum atomic E-state index is 10.0. The first-order chi connectivity index (χ1) is 4.04. The predicted molar refractivity (Wildman–Crippen MR) is 32.3 cm³/mol. The number of primary amides is 2. The summed E-state index contributed by atoms with van der Waals surface area (Å²) < 4.78 is 0. The molecule has 0 aliphatic heterocycles. The van der Waals surface area contributed by atoms with Crippen LogP contribution >= 0.6 is 11.6 Å². The van der Waals surface area contributed by atoms with E-state index in [0.717, 1.165) is 6.08 Å². The number of carbonyl (C=O) groups is 2. The molecular weight excluding hydrogens is 144 g/mol. The Balaban J connectivity index is 4.17. The van der Waals surface area contributed by atoms with Crippen molar-refractivity contribution < 1.29 is 9.59 Å². The van der Waals surface area contributed by atoms with Crippen LogP contribution in [0.15, 0.2) is 11.1 Å². The molecule has 0 bridgehead atoms. The van der Waals surface area contributed by atoms with Crippen molar-refractivity contribution in [2.45, 2.75) is 0 Å². The molecule has 0 aromatic carbocycles. The highest BCUT2D eigenvalue weighted by Crippen LogP contribution is 1.96. The quantitative estimate of drug-likeness (QED) is 0.496. The minimum Gasteiger partial charge on any atom is -0.366 e. The van der Waals surface area contributed by atoms with E-state index in [0.29, 0.717) is 0 Å². The van der Waals surface area contributed by atoms with E-state index in [1.165, 1.54) is 0 Å². The van der Waals surface area contributed by atoms with Crippen LogP contribution < -0.4 is 11.5 Å². The van der Waals surface area contributed by atoms with Gasteiger partial charge in [0.1, 0.15) is 5.03 Å². The van der Waals surface area contributed by atoms with Crippen molar-refractivity contribution in [2.24, 2.45) is 11.5 Å². The Morgan fingerprint density at radius 2 is 1.78 bits per heavy atom. The lowest BCUT2D eigenvalue weighted by molar-refractivity contribution is -0.116. The molecule has 2 amide bonds. The maximum absolute atomic E-state index is 10.0. The first-order valence-corrected chi connectivity index (χ1v) is 2.38. The van der Waals surface area contributed by atoms with Gasteiger partial charge in [-0.25, -0.2) is 0 Å². The highest BCUT2D eigenvalue weighted by atomic mass is 35.5. The van der Waals surface area contributed by atoms with Gasteiger partial charge in [0.2, 0.25) is 5.91 Å². The molecule has 0 heterocycles. The van der Waals surface area contributed by atoms with Gasteiger partial charge in [-0.3, -0.25) is 9.59 Å². The molecule has 0 unspecified atom stereocenters. The molecule has 0 aliphatic carbocycles. The molecule has 50 valence electrons. The number of carbonyl (C=O) groups excluding carboxylic acids is 2. The number of halogens is 1. The summed E-state index contributed by atoms with van der Waals surface area (Å²) in [5, 5.41) is -0.359. The number of rotatable bonds is 2. The minimum absolute atomic E-state index is 0.359. The van der Waals surface area contributed by atoms with E-state index in [9.17, 15) is 9.59 Å². The first kappa shape index (κ1) is 7.97. The maximum Gasteiger partial charge on any atom is 0.260 e. The summed E-state index contributed by atoms with van der Waals surface area (Å²) in [6.45, 7) is 0. The van der Waals surface area contributed by atoms with Crippen molar-refractivity contribution in [2.75, 3.05) is 0 Å². The van der Waals surface area contributed by atoms with Crippen LogP contribution in [0.4, 0.5) is 0 Å². The molecule has 0 radical (unpaired) electrons. The molecule has 0 saturated heterocycles. The first-order valence-electron chi connectivity index (χ1n) is 2.00. The second-order valence-electron chi connectivity index (χ2n) is 1.26. The van der Waals surface area contributed by atoms with Crippen LogP contribution in [0.5, 0.6) is 0 Å². The molecule has 0 rings (SSSR count). The van der Waals surface area contributed by atoms with E-state index in [2.05, 4.69) is 11.5 Å². The van der Waals surface area contributed by atoms with Gasteiger partial charge in [-0.1, -0.05) is 11.6 Å². The molecular formula is C4H5ClN2O2. The molecule has 0 aliphatic rings. The van der Waals surface area contributed by atoms with Crippen molar-refractivity contribution >= 4 is 23.4 Å².